The molecule has 5 nitrogen and oxygen atoms in total. The molecule has 0 fully saturated rings. The maximum atomic E-state index is 11.4. The van der Waals surface area contributed by atoms with Crippen LogP contribution in [0.3, 0.4) is 0 Å². The number of carbonyl (C=O) groups excluding carboxylic acids is 2. The molecule has 0 rings (SSSR count). The van der Waals surface area contributed by atoms with Crippen LogP contribution < -0.4 is 0 Å². The minimum atomic E-state index is -0.216. The van der Waals surface area contributed by atoms with Crippen LogP contribution in [0.15, 0.2) is 0 Å². The summed E-state index contributed by atoms with van der Waals surface area (Å²) in [5.41, 5.74) is 0. The number of esters is 1. The minimum absolute atomic E-state index is 0.0264. The van der Waals surface area contributed by atoms with E-state index in [-0.39, 0.29) is 17.8 Å². The van der Waals surface area contributed by atoms with Crippen LogP contribution in [0.2, 0.25) is 0 Å². The van der Waals surface area contributed by atoms with Crippen LogP contribution in [0.4, 0.5) is 0 Å². The number of hydrogen-bond acceptors (Lipinski definition) is 4. The third-order valence-electron chi connectivity index (χ3n) is 2.18. The van der Waals surface area contributed by atoms with Crippen LogP contribution in [0.25, 0.3) is 0 Å². The van der Waals surface area contributed by atoms with Gasteiger partial charge in [-0.05, 0) is 14.0 Å². The molecule has 0 bridgehead atoms. The molecule has 1 unspecified atom stereocenters. The number of rotatable bonds is 6. The molecule has 94 valence electrons. The highest BCUT2D eigenvalue weighted by Crippen LogP contribution is 2.01. The summed E-state index contributed by atoms with van der Waals surface area (Å²) in [6.07, 6.45) is 0. The van der Waals surface area contributed by atoms with Gasteiger partial charge in [0.15, 0.2) is 0 Å². The molecule has 1 amide bonds. The predicted octanol–water partition coefficient (Wildman–Crippen LogP) is 0.206. The quantitative estimate of drug-likeness (QED) is 0.612. The van der Waals surface area contributed by atoms with E-state index in [9.17, 15) is 9.59 Å². The van der Waals surface area contributed by atoms with E-state index in [0.717, 1.165) is 0 Å². The van der Waals surface area contributed by atoms with Gasteiger partial charge in [-0.25, -0.2) is 0 Å². The van der Waals surface area contributed by atoms with E-state index in [4.69, 9.17) is 4.74 Å². The zero-order valence-electron chi connectivity index (χ0n) is 10.8. The Kier molecular flexibility index (Phi) is 6.72. The second-order valence-corrected chi connectivity index (χ2v) is 4.14. The molecule has 0 radical (unpaired) electrons. The first kappa shape index (κ1) is 14.9. The molecule has 0 saturated carbocycles. The number of likely N-dealkylation sites (N-methyl/N-ethyl adjacent to an activating group) is 2. The molecule has 0 aliphatic rings. The molecule has 5 heteroatoms. The fourth-order valence-electron chi connectivity index (χ4n) is 1.26. The number of hydrogen-bond donors (Lipinski definition) is 0. The van der Waals surface area contributed by atoms with E-state index in [0.29, 0.717) is 19.7 Å². The van der Waals surface area contributed by atoms with Gasteiger partial charge in [0.1, 0.15) is 0 Å². The van der Waals surface area contributed by atoms with Crippen molar-refractivity contribution in [2.24, 2.45) is 5.92 Å². The average Bonchev–Trinajstić information content (AvgIpc) is 2.17. The first-order valence-corrected chi connectivity index (χ1v) is 5.43. The summed E-state index contributed by atoms with van der Waals surface area (Å²) in [6, 6.07) is 0. The van der Waals surface area contributed by atoms with Crippen molar-refractivity contribution in [3.8, 4) is 0 Å². The lowest BCUT2D eigenvalue weighted by molar-refractivity contribution is -0.148. The lowest BCUT2D eigenvalue weighted by atomic mass is 10.2. The van der Waals surface area contributed by atoms with E-state index >= 15 is 0 Å². The molecular weight excluding hydrogens is 208 g/mol. The van der Waals surface area contributed by atoms with Crippen LogP contribution in [-0.4, -0.2) is 62.5 Å². The second kappa shape index (κ2) is 7.22. The molecule has 0 N–H and O–H groups in total. The van der Waals surface area contributed by atoms with E-state index < -0.39 is 0 Å². The Balaban J connectivity index is 3.99. The summed E-state index contributed by atoms with van der Waals surface area (Å²) < 4.78 is 4.90. The van der Waals surface area contributed by atoms with Gasteiger partial charge in [0.05, 0.1) is 19.1 Å². The van der Waals surface area contributed by atoms with Gasteiger partial charge < -0.3 is 9.64 Å². The lowest BCUT2D eigenvalue weighted by Gasteiger charge is -2.21. The average molecular weight is 230 g/mol. The maximum absolute atomic E-state index is 11.4. The summed E-state index contributed by atoms with van der Waals surface area (Å²) in [5, 5.41) is 0. The zero-order valence-corrected chi connectivity index (χ0v) is 10.8. The van der Waals surface area contributed by atoms with Gasteiger partial charge >= 0.3 is 5.97 Å². The van der Waals surface area contributed by atoms with E-state index in [1.54, 1.807) is 27.9 Å². The Morgan fingerprint density at radius 2 is 1.81 bits per heavy atom. The first-order valence-electron chi connectivity index (χ1n) is 5.43. The third-order valence-corrected chi connectivity index (χ3v) is 2.18. The predicted molar refractivity (Wildman–Crippen MR) is 62.0 cm³/mol. The molecule has 0 spiro atoms. The normalized spacial score (nSPS) is 12.4. The van der Waals surface area contributed by atoms with Crippen molar-refractivity contribution in [2.75, 3.05) is 40.8 Å². The maximum Gasteiger partial charge on any atom is 0.309 e. The molecule has 0 aliphatic heterocycles. The highest BCUT2D eigenvalue weighted by molar-refractivity contribution is 5.77. The van der Waals surface area contributed by atoms with Gasteiger partial charge in [-0.3, -0.25) is 14.5 Å². The van der Waals surface area contributed by atoms with Crippen molar-refractivity contribution in [1.82, 2.24) is 9.80 Å². The Morgan fingerprint density at radius 1 is 1.25 bits per heavy atom. The SMILES string of the molecule is CCOC(=O)C(C)CN(C)CC(=O)N(C)C. The van der Waals surface area contributed by atoms with E-state index in [1.807, 2.05) is 11.9 Å². The topological polar surface area (TPSA) is 49.9 Å². The fraction of sp³-hybridized carbons (Fsp3) is 0.818. The Bertz CT molecular complexity index is 241. The molecule has 1 atom stereocenters. The number of nitrogens with zero attached hydrogens (tertiary/aromatic N) is 2. The van der Waals surface area contributed by atoms with Crippen molar-refractivity contribution in [3.63, 3.8) is 0 Å². The van der Waals surface area contributed by atoms with Crippen LogP contribution >= 0.6 is 0 Å². The Morgan fingerprint density at radius 3 is 2.25 bits per heavy atom. The van der Waals surface area contributed by atoms with Crippen molar-refractivity contribution < 1.29 is 14.3 Å². The van der Waals surface area contributed by atoms with Crippen LogP contribution in [-0.2, 0) is 14.3 Å². The van der Waals surface area contributed by atoms with Gasteiger partial charge in [-0.1, -0.05) is 6.92 Å². The molecule has 0 heterocycles. The highest BCUT2D eigenvalue weighted by Gasteiger charge is 2.17. The number of carbonyl (C=O) groups is 2. The minimum Gasteiger partial charge on any atom is -0.466 e. The zero-order chi connectivity index (χ0) is 12.7. The summed E-state index contributed by atoms with van der Waals surface area (Å²) in [4.78, 5) is 26.1. The smallest absolute Gasteiger partial charge is 0.309 e. The molecule has 0 aromatic carbocycles. The largest absolute Gasteiger partial charge is 0.466 e. The highest BCUT2D eigenvalue weighted by atomic mass is 16.5. The molecule has 0 saturated heterocycles. The monoisotopic (exact) mass is 230 g/mol. The van der Waals surface area contributed by atoms with E-state index in [2.05, 4.69) is 0 Å². The van der Waals surface area contributed by atoms with Crippen molar-refractivity contribution >= 4 is 11.9 Å². The number of amides is 1. The van der Waals surface area contributed by atoms with Crippen molar-refractivity contribution in [2.45, 2.75) is 13.8 Å². The first-order chi connectivity index (χ1) is 7.38. The Hall–Kier alpha value is -1.10. The van der Waals surface area contributed by atoms with Crippen molar-refractivity contribution in [1.29, 1.82) is 0 Å². The summed E-state index contributed by atoms with van der Waals surface area (Å²) in [6.45, 7) is 4.82. The van der Waals surface area contributed by atoms with Crippen molar-refractivity contribution in [3.05, 3.63) is 0 Å². The van der Waals surface area contributed by atoms with E-state index in [1.165, 1.54) is 4.90 Å². The molecule has 0 aliphatic carbocycles. The summed E-state index contributed by atoms with van der Waals surface area (Å²) >= 11 is 0. The fourth-order valence-corrected chi connectivity index (χ4v) is 1.26. The molecule has 0 aromatic rings. The van der Waals surface area contributed by atoms with Gasteiger partial charge in [-0.2, -0.15) is 0 Å². The van der Waals surface area contributed by atoms with Gasteiger partial charge in [0, 0.05) is 20.6 Å². The summed E-state index contributed by atoms with van der Waals surface area (Å²) in [5.74, 6) is -0.398. The van der Waals surface area contributed by atoms with Gasteiger partial charge in [-0.15, -0.1) is 0 Å². The second-order valence-electron chi connectivity index (χ2n) is 4.14. The molecule has 16 heavy (non-hydrogen) atoms. The Labute approximate surface area is 97.3 Å². The third kappa shape index (κ3) is 5.70. The summed E-state index contributed by atoms with van der Waals surface area (Å²) in [7, 11) is 5.24. The molecule has 0 aromatic heterocycles. The lowest BCUT2D eigenvalue weighted by Crippen LogP contribution is -2.38. The van der Waals surface area contributed by atoms with Crippen LogP contribution in [0, 0.1) is 5.92 Å². The van der Waals surface area contributed by atoms with Crippen LogP contribution in [0.1, 0.15) is 13.8 Å². The van der Waals surface area contributed by atoms with Crippen LogP contribution in [0.5, 0.6) is 0 Å². The van der Waals surface area contributed by atoms with Gasteiger partial charge in [0.2, 0.25) is 5.91 Å². The standard InChI is InChI=1S/C11H22N2O3/c1-6-16-11(15)9(2)7-13(5)8-10(14)12(3)4/h9H,6-8H2,1-5H3. The number of ether oxygens (including phenoxy) is 1. The molecular formula is C11H22N2O3. The van der Waals surface area contributed by atoms with Gasteiger partial charge in [0.25, 0.3) is 0 Å².